The molecular weight excluding hydrogens is 293 g/mol. The SMILES string of the molecule is O=C1Nc2cc(Cl)ccc2CC[C@H]1c1ccc(Cl)cc1. The second kappa shape index (κ2) is 5.47. The van der Waals surface area contributed by atoms with Crippen molar-refractivity contribution in [3.05, 3.63) is 63.6 Å². The number of benzene rings is 2. The number of hydrogen-bond acceptors (Lipinski definition) is 1. The maximum Gasteiger partial charge on any atom is 0.231 e. The summed E-state index contributed by atoms with van der Waals surface area (Å²) in [6.45, 7) is 0. The van der Waals surface area contributed by atoms with Gasteiger partial charge in [-0.3, -0.25) is 4.79 Å². The molecule has 1 heterocycles. The van der Waals surface area contributed by atoms with E-state index < -0.39 is 0 Å². The topological polar surface area (TPSA) is 29.1 Å². The Morgan fingerprint density at radius 1 is 1.00 bits per heavy atom. The summed E-state index contributed by atoms with van der Waals surface area (Å²) in [4.78, 5) is 12.4. The summed E-state index contributed by atoms with van der Waals surface area (Å²) in [7, 11) is 0. The van der Waals surface area contributed by atoms with Crippen molar-refractivity contribution in [1.29, 1.82) is 0 Å². The predicted molar refractivity (Wildman–Crippen MR) is 82.6 cm³/mol. The number of nitrogens with one attached hydrogen (secondary N) is 1. The summed E-state index contributed by atoms with van der Waals surface area (Å²) in [5.41, 5.74) is 2.93. The molecule has 0 spiro atoms. The molecule has 1 aliphatic rings. The number of aryl methyl sites for hydroxylation is 1. The van der Waals surface area contributed by atoms with Crippen LogP contribution in [0.4, 0.5) is 5.69 Å². The lowest BCUT2D eigenvalue weighted by molar-refractivity contribution is -0.117. The summed E-state index contributed by atoms with van der Waals surface area (Å²) >= 11 is 11.9. The molecule has 2 nitrogen and oxygen atoms in total. The fourth-order valence-corrected chi connectivity index (χ4v) is 2.85. The Bertz CT molecular complexity index is 652. The number of rotatable bonds is 1. The lowest BCUT2D eigenvalue weighted by Crippen LogP contribution is -2.19. The average Bonchev–Trinajstić information content (AvgIpc) is 2.58. The Morgan fingerprint density at radius 3 is 2.45 bits per heavy atom. The van der Waals surface area contributed by atoms with Crippen molar-refractivity contribution < 1.29 is 4.79 Å². The molecule has 0 radical (unpaired) electrons. The highest BCUT2D eigenvalue weighted by Crippen LogP contribution is 2.32. The molecule has 2 aromatic rings. The van der Waals surface area contributed by atoms with Gasteiger partial charge in [0, 0.05) is 15.7 Å². The molecule has 4 heteroatoms. The Kier molecular flexibility index (Phi) is 3.68. The molecule has 0 saturated heterocycles. The van der Waals surface area contributed by atoms with Crippen LogP contribution in [0.3, 0.4) is 0 Å². The highest BCUT2D eigenvalue weighted by molar-refractivity contribution is 6.31. The first-order valence-corrected chi connectivity index (χ1v) is 7.24. The third kappa shape index (κ3) is 2.67. The van der Waals surface area contributed by atoms with Gasteiger partial charge in [-0.05, 0) is 48.2 Å². The lowest BCUT2D eigenvalue weighted by atomic mass is 9.93. The van der Waals surface area contributed by atoms with Gasteiger partial charge in [0.05, 0.1) is 5.92 Å². The molecule has 20 heavy (non-hydrogen) atoms. The van der Waals surface area contributed by atoms with Gasteiger partial charge in [-0.15, -0.1) is 0 Å². The zero-order valence-electron chi connectivity index (χ0n) is 10.7. The number of carbonyl (C=O) groups is 1. The van der Waals surface area contributed by atoms with E-state index in [4.69, 9.17) is 23.2 Å². The molecular formula is C16H13Cl2NO. The van der Waals surface area contributed by atoms with E-state index in [1.807, 2.05) is 36.4 Å². The summed E-state index contributed by atoms with van der Waals surface area (Å²) in [6.07, 6.45) is 1.63. The van der Waals surface area contributed by atoms with Gasteiger partial charge in [0.2, 0.25) is 5.91 Å². The molecule has 1 amide bonds. The molecule has 1 aliphatic heterocycles. The van der Waals surface area contributed by atoms with Crippen LogP contribution in [0.25, 0.3) is 0 Å². The van der Waals surface area contributed by atoms with Crippen LogP contribution in [0.5, 0.6) is 0 Å². The summed E-state index contributed by atoms with van der Waals surface area (Å²) in [5, 5.41) is 4.28. The van der Waals surface area contributed by atoms with E-state index in [0.717, 1.165) is 29.7 Å². The molecule has 102 valence electrons. The normalized spacial score (nSPS) is 18.1. The Labute approximate surface area is 127 Å². The number of halogens is 2. The first-order valence-electron chi connectivity index (χ1n) is 6.48. The molecule has 0 aliphatic carbocycles. The standard InChI is InChI=1S/C16H13Cl2NO/c17-12-5-1-10(2-6-12)14-8-4-11-3-7-13(18)9-15(11)19-16(14)20/h1-3,5-7,9,14H,4,8H2,(H,19,20)/t14-/m0/s1. The van der Waals surface area contributed by atoms with Crippen molar-refractivity contribution in [2.75, 3.05) is 5.32 Å². The van der Waals surface area contributed by atoms with Crippen molar-refractivity contribution in [2.24, 2.45) is 0 Å². The number of carbonyl (C=O) groups excluding carboxylic acids is 1. The van der Waals surface area contributed by atoms with Crippen LogP contribution in [0, 0.1) is 0 Å². The Hall–Kier alpha value is -1.51. The molecule has 0 aromatic heterocycles. The van der Waals surface area contributed by atoms with E-state index in [2.05, 4.69) is 5.32 Å². The van der Waals surface area contributed by atoms with Crippen molar-refractivity contribution in [2.45, 2.75) is 18.8 Å². The fraction of sp³-hybridized carbons (Fsp3) is 0.188. The van der Waals surface area contributed by atoms with Crippen molar-refractivity contribution in [3.8, 4) is 0 Å². The minimum Gasteiger partial charge on any atom is -0.325 e. The maximum atomic E-state index is 12.4. The van der Waals surface area contributed by atoms with E-state index in [0.29, 0.717) is 10.0 Å². The average molecular weight is 306 g/mol. The Morgan fingerprint density at radius 2 is 1.70 bits per heavy atom. The third-order valence-corrected chi connectivity index (χ3v) is 4.11. The van der Waals surface area contributed by atoms with Gasteiger partial charge in [0.15, 0.2) is 0 Å². The van der Waals surface area contributed by atoms with Crippen LogP contribution < -0.4 is 5.32 Å². The van der Waals surface area contributed by atoms with Gasteiger partial charge in [0.25, 0.3) is 0 Å². The zero-order chi connectivity index (χ0) is 14.1. The van der Waals surface area contributed by atoms with Gasteiger partial charge in [0.1, 0.15) is 0 Å². The molecule has 2 aromatic carbocycles. The molecule has 0 saturated carbocycles. The highest BCUT2D eigenvalue weighted by atomic mass is 35.5. The third-order valence-electron chi connectivity index (χ3n) is 3.62. The smallest absolute Gasteiger partial charge is 0.231 e. The summed E-state index contributed by atoms with van der Waals surface area (Å²) < 4.78 is 0. The molecule has 3 rings (SSSR count). The first-order chi connectivity index (χ1) is 9.63. The number of fused-ring (bicyclic) bond motifs is 1. The highest BCUT2D eigenvalue weighted by Gasteiger charge is 2.25. The second-order valence-electron chi connectivity index (χ2n) is 4.93. The van der Waals surface area contributed by atoms with E-state index in [-0.39, 0.29) is 11.8 Å². The lowest BCUT2D eigenvalue weighted by Gasteiger charge is -2.13. The maximum absolute atomic E-state index is 12.4. The summed E-state index contributed by atoms with van der Waals surface area (Å²) in [5.74, 6) is -0.146. The molecule has 1 N–H and O–H groups in total. The van der Waals surface area contributed by atoms with Gasteiger partial charge >= 0.3 is 0 Å². The van der Waals surface area contributed by atoms with E-state index in [1.165, 1.54) is 0 Å². The van der Waals surface area contributed by atoms with Crippen molar-refractivity contribution in [1.82, 2.24) is 0 Å². The van der Waals surface area contributed by atoms with Crippen LogP contribution in [-0.4, -0.2) is 5.91 Å². The van der Waals surface area contributed by atoms with Crippen LogP contribution in [0.15, 0.2) is 42.5 Å². The minimum absolute atomic E-state index is 0.00772. The van der Waals surface area contributed by atoms with Crippen LogP contribution >= 0.6 is 23.2 Å². The number of hydrogen-bond donors (Lipinski definition) is 1. The van der Waals surface area contributed by atoms with Crippen molar-refractivity contribution >= 4 is 34.8 Å². The quantitative estimate of drug-likeness (QED) is 0.815. The van der Waals surface area contributed by atoms with Crippen LogP contribution in [-0.2, 0) is 11.2 Å². The van der Waals surface area contributed by atoms with Gasteiger partial charge < -0.3 is 5.32 Å². The monoisotopic (exact) mass is 305 g/mol. The molecule has 0 fully saturated rings. The number of anilines is 1. The largest absolute Gasteiger partial charge is 0.325 e. The first kappa shape index (κ1) is 13.5. The van der Waals surface area contributed by atoms with E-state index >= 15 is 0 Å². The fourth-order valence-electron chi connectivity index (χ4n) is 2.55. The summed E-state index contributed by atoms with van der Waals surface area (Å²) in [6, 6.07) is 13.1. The Balaban J connectivity index is 1.91. The zero-order valence-corrected chi connectivity index (χ0v) is 12.2. The number of amides is 1. The van der Waals surface area contributed by atoms with E-state index in [9.17, 15) is 4.79 Å². The van der Waals surface area contributed by atoms with Gasteiger partial charge in [-0.25, -0.2) is 0 Å². The van der Waals surface area contributed by atoms with E-state index in [1.54, 1.807) is 6.07 Å². The molecule has 0 unspecified atom stereocenters. The van der Waals surface area contributed by atoms with Crippen molar-refractivity contribution in [3.63, 3.8) is 0 Å². The predicted octanol–water partition coefficient (Wildman–Crippen LogP) is 4.66. The van der Waals surface area contributed by atoms with Gasteiger partial charge in [-0.1, -0.05) is 41.4 Å². The minimum atomic E-state index is -0.154. The van der Waals surface area contributed by atoms with Crippen LogP contribution in [0.2, 0.25) is 10.0 Å². The molecule has 1 atom stereocenters. The molecule has 0 bridgehead atoms. The second-order valence-corrected chi connectivity index (χ2v) is 5.81. The van der Waals surface area contributed by atoms with Crippen LogP contribution in [0.1, 0.15) is 23.5 Å². The van der Waals surface area contributed by atoms with Gasteiger partial charge in [-0.2, -0.15) is 0 Å².